The van der Waals surface area contributed by atoms with Gasteiger partial charge in [0.25, 0.3) is 0 Å². The van der Waals surface area contributed by atoms with Gasteiger partial charge in [-0.25, -0.2) is 9.59 Å². The minimum atomic E-state index is -0.469. The van der Waals surface area contributed by atoms with Crippen LogP contribution in [0.1, 0.15) is 31.7 Å². The lowest BCUT2D eigenvalue weighted by Gasteiger charge is -2.16. The van der Waals surface area contributed by atoms with Gasteiger partial charge in [0.05, 0.1) is 13.2 Å². The summed E-state index contributed by atoms with van der Waals surface area (Å²) < 4.78 is 15.6. The van der Waals surface area contributed by atoms with Crippen molar-refractivity contribution in [2.45, 2.75) is 38.9 Å². The highest BCUT2D eigenvalue weighted by Crippen LogP contribution is 2.15. The molecule has 1 aromatic carbocycles. The summed E-state index contributed by atoms with van der Waals surface area (Å²) in [6.45, 7) is 6.21. The van der Waals surface area contributed by atoms with Crippen molar-refractivity contribution in [1.82, 2.24) is 4.90 Å². The van der Waals surface area contributed by atoms with Crippen LogP contribution in [0.5, 0.6) is 0 Å². The van der Waals surface area contributed by atoms with E-state index in [-0.39, 0.29) is 31.7 Å². The smallest absolute Gasteiger partial charge is 0.410 e. The van der Waals surface area contributed by atoms with Gasteiger partial charge in [0.1, 0.15) is 12.7 Å². The molecule has 1 unspecified atom stereocenters. The van der Waals surface area contributed by atoms with E-state index in [0.29, 0.717) is 31.5 Å². The zero-order chi connectivity index (χ0) is 19.6. The molecule has 1 amide bonds. The molecule has 1 heterocycles. The first-order valence-electron chi connectivity index (χ1n) is 8.93. The molecule has 2 rings (SSSR count). The molecule has 27 heavy (non-hydrogen) atoms. The third-order valence-corrected chi connectivity index (χ3v) is 4.01. The van der Waals surface area contributed by atoms with Gasteiger partial charge in [0.15, 0.2) is 0 Å². The summed E-state index contributed by atoms with van der Waals surface area (Å²) in [7, 11) is 0. The van der Waals surface area contributed by atoms with Crippen LogP contribution in [-0.4, -0.2) is 48.7 Å². The molecule has 1 fully saturated rings. The number of esters is 2. The molecule has 0 saturated carbocycles. The van der Waals surface area contributed by atoms with Crippen LogP contribution in [0.25, 0.3) is 0 Å². The molecule has 0 N–H and O–H groups in total. The van der Waals surface area contributed by atoms with Crippen LogP contribution < -0.4 is 0 Å². The first-order chi connectivity index (χ1) is 13.0. The first kappa shape index (κ1) is 20.5. The number of nitrogens with zero attached hydrogens (tertiary/aromatic N) is 1. The van der Waals surface area contributed by atoms with E-state index in [0.717, 1.165) is 5.56 Å². The SMILES string of the molecule is C=C(C)C(=O)OCCCC(=O)OC1CCN(C(=O)OCc2ccccc2)C1. The molecule has 7 heteroatoms. The van der Waals surface area contributed by atoms with E-state index < -0.39 is 12.1 Å². The van der Waals surface area contributed by atoms with Crippen LogP contribution in [0.15, 0.2) is 42.5 Å². The fourth-order valence-corrected chi connectivity index (χ4v) is 2.55. The number of amides is 1. The second kappa shape index (κ2) is 10.4. The molecule has 1 atom stereocenters. The maximum atomic E-state index is 12.1. The highest BCUT2D eigenvalue weighted by molar-refractivity contribution is 5.86. The van der Waals surface area contributed by atoms with Crippen molar-refractivity contribution in [2.24, 2.45) is 0 Å². The summed E-state index contributed by atoms with van der Waals surface area (Å²) in [5.41, 5.74) is 1.24. The molecule has 0 spiro atoms. The number of ether oxygens (including phenoxy) is 3. The third kappa shape index (κ3) is 7.13. The minimum Gasteiger partial charge on any atom is -0.462 e. The number of carbonyl (C=O) groups is 3. The number of hydrogen-bond acceptors (Lipinski definition) is 6. The maximum Gasteiger partial charge on any atom is 0.410 e. The van der Waals surface area contributed by atoms with Gasteiger partial charge in [-0.15, -0.1) is 0 Å². The number of carbonyl (C=O) groups excluding carboxylic acids is 3. The van der Waals surface area contributed by atoms with Gasteiger partial charge < -0.3 is 19.1 Å². The number of rotatable bonds is 8. The van der Waals surface area contributed by atoms with E-state index >= 15 is 0 Å². The standard InChI is InChI=1S/C20H25NO6/c1-15(2)19(23)25-12-6-9-18(22)27-17-10-11-21(13-17)20(24)26-14-16-7-4-3-5-8-16/h3-5,7-8,17H,1,6,9-14H2,2H3. The lowest BCUT2D eigenvalue weighted by molar-refractivity contribution is -0.150. The van der Waals surface area contributed by atoms with Crippen LogP contribution in [-0.2, 0) is 30.4 Å². The molecular formula is C20H25NO6. The highest BCUT2D eigenvalue weighted by Gasteiger charge is 2.29. The summed E-state index contributed by atoms with van der Waals surface area (Å²) >= 11 is 0. The molecule has 0 radical (unpaired) electrons. The number of hydrogen-bond donors (Lipinski definition) is 0. The maximum absolute atomic E-state index is 12.1. The number of benzene rings is 1. The Morgan fingerprint density at radius 3 is 2.63 bits per heavy atom. The van der Waals surface area contributed by atoms with Gasteiger partial charge in [-0.3, -0.25) is 4.79 Å². The number of likely N-dealkylation sites (tertiary alicyclic amines) is 1. The zero-order valence-corrected chi connectivity index (χ0v) is 15.5. The van der Waals surface area contributed by atoms with Crippen LogP contribution in [0, 0.1) is 0 Å². The van der Waals surface area contributed by atoms with Crippen molar-refractivity contribution < 1.29 is 28.6 Å². The van der Waals surface area contributed by atoms with Crippen LogP contribution in [0.2, 0.25) is 0 Å². The molecular weight excluding hydrogens is 350 g/mol. The average Bonchev–Trinajstić information content (AvgIpc) is 3.12. The Labute approximate surface area is 158 Å². The van der Waals surface area contributed by atoms with Gasteiger partial charge in [0, 0.05) is 25.0 Å². The van der Waals surface area contributed by atoms with E-state index in [1.807, 2.05) is 30.3 Å². The molecule has 0 bridgehead atoms. The predicted octanol–water partition coefficient (Wildman–Crippen LogP) is 2.84. The minimum absolute atomic E-state index is 0.142. The van der Waals surface area contributed by atoms with Gasteiger partial charge >= 0.3 is 18.0 Å². The van der Waals surface area contributed by atoms with E-state index in [4.69, 9.17) is 14.2 Å². The summed E-state index contributed by atoms with van der Waals surface area (Å²) in [6.07, 6.45) is 0.367. The normalized spacial score (nSPS) is 15.9. The molecule has 1 saturated heterocycles. The Morgan fingerprint density at radius 2 is 1.93 bits per heavy atom. The Kier molecular flexibility index (Phi) is 7.85. The van der Waals surface area contributed by atoms with Crippen LogP contribution in [0.3, 0.4) is 0 Å². The Hall–Kier alpha value is -2.83. The van der Waals surface area contributed by atoms with Crippen LogP contribution in [0.4, 0.5) is 4.79 Å². The Morgan fingerprint density at radius 1 is 1.19 bits per heavy atom. The van der Waals surface area contributed by atoms with Crippen molar-refractivity contribution in [3.05, 3.63) is 48.0 Å². The van der Waals surface area contributed by atoms with E-state index in [1.54, 1.807) is 6.92 Å². The lowest BCUT2D eigenvalue weighted by atomic mass is 10.2. The lowest BCUT2D eigenvalue weighted by Crippen LogP contribution is -2.31. The van der Waals surface area contributed by atoms with E-state index in [2.05, 4.69) is 6.58 Å². The summed E-state index contributed by atoms with van der Waals surface area (Å²) in [5.74, 6) is -0.838. The summed E-state index contributed by atoms with van der Waals surface area (Å²) in [5, 5.41) is 0. The van der Waals surface area contributed by atoms with Gasteiger partial charge in [-0.05, 0) is 18.9 Å². The third-order valence-electron chi connectivity index (χ3n) is 4.01. The van der Waals surface area contributed by atoms with Gasteiger partial charge in [-0.2, -0.15) is 0 Å². The summed E-state index contributed by atoms with van der Waals surface area (Å²) in [4.78, 5) is 36.7. The van der Waals surface area contributed by atoms with E-state index in [1.165, 1.54) is 4.90 Å². The van der Waals surface area contributed by atoms with Gasteiger partial charge in [-0.1, -0.05) is 36.9 Å². The van der Waals surface area contributed by atoms with Crippen molar-refractivity contribution in [3.8, 4) is 0 Å². The zero-order valence-electron chi connectivity index (χ0n) is 15.5. The second-order valence-electron chi connectivity index (χ2n) is 6.41. The quantitative estimate of drug-likeness (QED) is 0.301. The molecule has 0 aliphatic carbocycles. The largest absolute Gasteiger partial charge is 0.462 e. The Balaban J connectivity index is 1.62. The van der Waals surface area contributed by atoms with Gasteiger partial charge in [0.2, 0.25) is 0 Å². The Bertz CT molecular complexity index is 672. The molecule has 1 aliphatic rings. The highest BCUT2D eigenvalue weighted by atomic mass is 16.6. The fraction of sp³-hybridized carbons (Fsp3) is 0.450. The summed E-state index contributed by atoms with van der Waals surface area (Å²) in [6, 6.07) is 9.43. The van der Waals surface area contributed by atoms with Crippen molar-refractivity contribution >= 4 is 18.0 Å². The molecule has 0 aromatic heterocycles. The van der Waals surface area contributed by atoms with Crippen molar-refractivity contribution in [2.75, 3.05) is 19.7 Å². The van der Waals surface area contributed by atoms with Crippen molar-refractivity contribution in [1.29, 1.82) is 0 Å². The fourth-order valence-electron chi connectivity index (χ4n) is 2.55. The molecule has 1 aliphatic heterocycles. The average molecular weight is 375 g/mol. The molecule has 7 nitrogen and oxygen atoms in total. The predicted molar refractivity (Wildman–Crippen MR) is 97.7 cm³/mol. The second-order valence-corrected chi connectivity index (χ2v) is 6.41. The van der Waals surface area contributed by atoms with E-state index in [9.17, 15) is 14.4 Å². The first-order valence-corrected chi connectivity index (χ1v) is 8.93. The molecule has 146 valence electrons. The topological polar surface area (TPSA) is 82.1 Å². The molecule has 1 aromatic rings. The van der Waals surface area contributed by atoms with Crippen LogP contribution >= 0.6 is 0 Å². The van der Waals surface area contributed by atoms with Crippen molar-refractivity contribution in [3.63, 3.8) is 0 Å². The monoisotopic (exact) mass is 375 g/mol.